The van der Waals surface area contributed by atoms with Gasteiger partial charge >= 0.3 is 0 Å². The molecule has 0 unspecified atom stereocenters. The van der Waals surface area contributed by atoms with Gasteiger partial charge in [0, 0.05) is 26.2 Å². The van der Waals surface area contributed by atoms with Crippen LogP contribution in [-0.4, -0.2) is 41.8 Å². The monoisotopic (exact) mass is 322 g/mol. The average Bonchev–Trinajstić information content (AvgIpc) is 2.54. The molecule has 0 radical (unpaired) electrons. The van der Waals surface area contributed by atoms with Crippen LogP contribution < -0.4 is 5.32 Å². The van der Waals surface area contributed by atoms with Crippen molar-refractivity contribution in [2.75, 3.05) is 19.8 Å². The van der Waals surface area contributed by atoms with Crippen LogP contribution in [0.1, 0.15) is 42.6 Å². The van der Waals surface area contributed by atoms with Gasteiger partial charge in [0.05, 0.1) is 5.25 Å². The van der Waals surface area contributed by atoms with Crippen LogP contribution in [0.2, 0.25) is 0 Å². The van der Waals surface area contributed by atoms with E-state index in [1.54, 1.807) is 35.8 Å². The maximum atomic E-state index is 12.3. The fourth-order valence-corrected chi connectivity index (χ4v) is 3.18. The summed E-state index contributed by atoms with van der Waals surface area (Å²) in [6.45, 7) is 4.68. The quantitative estimate of drug-likeness (QED) is 0.749. The fraction of sp³-hybridized carbons (Fsp3) is 0.529. The van der Waals surface area contributed by atoms with E-state index < -0.39 is 0 Å². The number of unbranched alkanes of at least 4 members (excludes halogenated alkanes) is 1. The van der Waals surface area contributed by atoms with Crippen LogP contribution in [0, 0.1) is 0 Å². The molecule has 4 nitrogen and oxygen atoms in total. The topological polar surface area (TPSA) is 49.4 Å². The Hall–Kier alpha value is -1.49. The largest absolute Gasteiger partial charge is 0.355 e. The van der Waals surface area contributed by atoms with Gasteiger partial charge < -0.3 is 10.2 Å². The first kappa shape index (κ1) is 18.6. The normalized spacial score (nSPS) is 11.8. The summed E-state index contributed by atoms with van der Waals surface area (Å²) in [6.07, 6.45) is 2.30. The third kappa shape index (κ3) is 5.72. The molecular weight excluding hydrogens is 296 g/mol. The minimum Gasteiger partial charge on any atom is -0.355 e. The Morgan fingerprint density at radius 2 is 1.91 bits per heavy atom. The highest BCUT2D eigenvalue weighted by Gasteiger charge is 2.17. The number of amides is 2. The molecule has 0 saturated heterocycles. The smallest absolute Gasteiger partial charge is 0.251 e. The lowest BCUT2D eigenvalue weighted by atomic mass is 10.1. The second kappa shape index (κ2) is 9.51. The molecule has 1 aromatic rings. The van der Waals surface area contributed by atoms with Crippen molar-refractivity contribution in [1.29, 1.82) is 0 Å². The lowest BCUT2D eigenvalue weighted by Crippen LogP contribution is -2.33. The molecule has 0 aromatic heterocycles. The van der Waals surface area contributed by atoms with Crippen molar-refractivity contribution in [3.8, 4) is 0 Å². The molecule has 0 spiro atoms. The molecule has 1 rings (SSSR count). The molecule has 0 heterocycles. The molecule has 0 fully saturated rings. The van der Waals surface area contributed by atoms with E-state index in [-0.39, 0.29) is 17.1 Å². The molecule has 1 aromatic carbocycles. The van der Waals surface area contributed by atoms with Crippen molar-refractivity contribution >= 4 is 23.6 Å². The van der Waals surface area contributed by atoms with E-state index in [1.807, 2.05) is 26.1 Å². The van der Waals surface area contributed by atoms with Crippen LogP contribution in [0.3, 0.4) is 0 Å². The van der Waals surface area contributed by atoms with Gasteiger partial charge in [-0.2, -0.15) is 0 Å². The first-order chi connectivity index (χ1) is 10.5. The van der Waals surface area contributed by atoms with E-state index in [9.17, 15) is 9.59 Å². The number of nitrogens with one attached hydrogen (secondary N) is 1. The fourth-order valence-electron chi connectivity index (χ4n) is 2.04. The van der Waals surface area contributed by atoms with Crippen LogP contribution >= 0.6 is 11.8 Å². The number of thioether (sulfide) groups is 1. The molecule has 0 aliphatic heterocycles. The first-order valence-electron chi connectivity index (χ1n) is 7.67. The SMILES string of the molecule is CCCCS[C@H](C)C(=O)N(C)Cc1ccc(C(=O)NC)cc1. The van der Waals surface area contributed by atoms with E-state index >= 15 is 0 Å². The minimum absolute atomic E-state index is 0.0123. The molecule has 1 N–H and O–H groups in total. The van der Waals surface area contributed by atoms with Gasteiger partial charge in [-0.3, -0.25) is 9.59 Å². The third-order valence-corrected chi connectivity index (χ3v) is 4.68. The van der Waals surface area contributed by atoms with E-state index in [0.29, 0.717) is 12.1 Å². The molecule has 122 valence electrons. The van der Waals surface area contributed by atoms with Crippen LogP contribution in [0.15, 0.2) is 24.3 Å². The number of hydrogen-bond donors (Lipinski definition) is 1. The summed E-state index contributed by atoms with van der Waals surface area (Å²) in [5.74, 6) is 1.08. The van der Waals surface area contributed by atoms with E-state index in [4.69, 9.17) is 0 Å². The second-order valence-corrected chi connectivity index (χ2v) is 6.79. The van der Waals surface area contributed by atoms with Crippen LogP contribution in [0.4, 0.5) is 0 Å². The molecule has 2 amide bonds. The Kier molecular flexibility index (Phi) is 8.02. The molecule has 0 aliphatic carbocycles. The van der Waals surface area contributed by atoms with Crippen LogP contribution in [-0.2, 0) is 11.3 Å². The van der Waals surface area contributed by atoms with Gasteiger partial charge in [-0.25, -0.2) is 0 Å². The maximum Gasteiger partial charge on any atom is 0.251 e. The van der Waals surface area contributed by atoms with Gasteiger partial charge in [-0.05, 0) is 36.8 Å². The summed E-state index contributed by atoms with van der Waals surface area (Å²) in [7, 11) is 3.44. The maximum absolute atomic E-state index is 12.3. The highest BCUT2D eigenvalue weighted by Crippen LogP contribution is 2.16. The Bertz CT molecular complexity index is 488. The Labute approximate surface area is 137 Å². The van der Waals surface area contributed by atoms with Gasteiger partial charge in [0.2, 0.25) is 5.91 Å². The molecular formula is C17H26N2O2S. The van der Waals surface area contributed by atoms with Gasteiger partial charge in [0.1, 0.15) is 0 Å². The van der Waals surface area contributed by atoms with Gasteiger partial charge in [-0.1, -0.05) is 25.5 Å². The molecule has 1 atom stereocenters. The van der Waals surface area contributed by atoms with Crippen molar-refractivity contribution < 1.29 is 9.59 Å². The van der Waals surface area contributed by atoms with E-state index in [0.717, 1.165) is 24.2 Å². The third-order valence-electron chi connectivity index (χ3n) is 3.45. The number of carbonyl (C=O) groups excluding carboxylic acids is 2. The zero-order valence-electron chi connectivity index (χ0n) is 13.9. The highest BCUT2D eigenvalue weighted by atomic mass is 32.2. The summed E-state index contributed by atoms with van der Waals surface area (Å²) in [5, 5.41) is 2.58. The van der Waals surface area contributed by atoms with Crippen LogP contribution in [0.25, 0.3) is 0 Å². The number of hydrogen-bond acceptors (Lipinski definition) is 3. The zero-order chi connectivity index (χ0) is 16.5. The summed E-state index contributed by atoms with van der Waals surface area (Å²) in [6, 6.07) is 7.35. The average molecular weight is 322 g/mol. The lowest BCUT2D eigenvalue weighted by molar-refractivity contribution is -0.129. The Balaban J connectivity index is 2.54. The predicted molar refractivity (Wildman–Crippen MR) is 93.1 cm³/mol. The van der Waals surface area contributed by atoms with E-state index in [1.165, 1.54) is 0 Å². The number of rotatable bonds is 8. The minimum atomic E-state index is -0.100. The second-order valence-electron chi connectivity index (χ2n) is 5.34. The number of benzene rings is 1. The van der Waals surface area contributed by atoms with E-state index in [2.05, 4.69) is 12.2 Å². The standard InChI is InChI=1S/C17H26N2O2S/c1-5-6-11-22-13(2)17(21)19(4)12-14-7-9-15(10-8-14)16(20)18-3/h7-10,13H,5-6,11-12H2,1-4H3,(H,18,20)/t13-/m1/s1. The van der Waals surface area contributed by atoms with Gasteiger partial charge in [-0.15, -0.1) is 11.8 Å². The summed E-state index contributed by atoms with van der Waals surface area (Å²) in [5.41, 5.74) is 1.65. The van der Waals surface area contributed by atoms with Crippen molar-refractivity contribution in [3.63, 3.8) is 0 Å². The summed E-state index contributed by atoms with van der Waals surface area (Å²) in [4.78, 5) is 25.5. The molecule has 22 heavy (non-hydrogen) atoms. The number of carbonyl (C=O) groups is 2. The molecule has 0 bridgehead atoms. The lowest BCUT2D eigenvalue weighted by Gasteiger charge is -2.21. The first-order valence-corrected chi connectivity index (χ1v) is 8.72. The molecule has 0 aliphatic rings. The number of nitrogens with zero attached hydrogens (tertiary/aromatic N) is 1. The van der Waals surface area contributed by atoms with Gasteiger partial charge in [0.15, 0.2) is 0 Å². The predicted octanol–water partition coefficient (Wildman–Crippen LogP) is 2.93. The molecule has 5 heteroatoms. The molecule has 0 saturated carbocycles. The zero-order valence-corrected chi connectivity index (χ0v) is 14.7. The highest BCUT2D eigenvalue weighted by molar-refractivity contribution is 8.00. The van der Waals surface area contributed by atoms with Crippen molar-refractivity contribution in [2.45, 2.75) is 38.5 Å². The Morgan fingerprint density at radius 3 is 2.45 bits per heavy atom. The Morgan fingerprint density at radius 1 is 1.27 bits per heavy atom. The van der Waals surface area contributed by atoms with Crippen LogP contribution in [0.5, 0.6) is 0 Å². The van der Waals surface area contributed by atoms with Crippen molar-refractivity contribution in [1.82, 2.24) is 10.2 Å². The van der Waals surface area contributed by atoms with Crippen molar-refractivity contribution in [2.24, 2.45) is 0 Å². The van der Waals surface area contributed by atoms with Gasteiger partial charge in [0.25, 0.3) is 5.91 Å². The summed E-state index contributed by atoms with van der Waals surface area (Å²) < 4.78 is 0. The van der Waals surface area contributed by atoms with Crippen molar-refractivity contribution in [3.05, 3.63) is 35.4 Å². The summed E-state index contributed by atoms with van der Waals surface area (Å²) >= 11 is 1.71.